The van der Waals surface area contributed by atoms with Crippen LogP contribution in [0.1, 0.15) is 31.0 Å². The third kappa shape index (κ3) is 4.29. The molecule has 0 fully saturated rings. The number of fused-ring (bicyclic) bond motifs is 2. The van der Waals surface area contributed by atoms with E-state index in [4.69, 9.17) is 18.9 Å². The maximum atomic E-state index is 13.8. The molecule has 0 N–H and O–H groups in total. The topological polar surface area (TPSA) is 88.4 Å². The summed E-state index contributed by atoms with van der Waals surface area (Å²) >= 11 is 8.27. The fourth-order valence-electron chi connectivity index (χ4n) is 4.20. The molecule has 36 heavy (non-hydrogen) atoms. The van der Waals surface area contributed by atoms with Crippen molar-refractivity contribution >= 4 is 55.2 Å². The van der Waals surface area contributed by atoms with Crippen LogP contribution in [0.5, 0.6) is 17.2 Å². The van der Waals surface area contributed by atoms with Crippen LogP contribution in [0.15, 0.2) is 60.3 Å². The van der Waals surface area contributed by atoms with Crippen molar-refractivity contribution in [1.29, 1.82) is 0 Å². The Morgan fingerprint density at radius 1 is 1.22 bits per heavy atom. The van der Waals surface area contributed by atoms with Gasteiger partial charge in [0.1, 0.15) is 5.75 Å². The molecule has 0 saturated carbocycles. The van der Waals surface area contributed by atoms with Crippen molar-refractivity contribution in [3.05, 3.63) is 81.4 Å². The van der Waals surface area contributed by atoms with Gasteiger partial charge in [0, 0.05) is 0 Å². The van der Waals surface area contributed by atoms with Crippen molar-refractivity contribution in [3.63, 3.8) is 0 Å². The number of nitrogens with zero attached hydrogens (tertiary/aromatic N) is 2. The van der Waals surface area contributed by atoms with E-state index in [2.05, 4.69) is 36.9 Å². The summed E-state index contributed by atoms with van der Waals surface area (Å²) in [5.41, 5.74) is 2.03. The van der Waals surface area contributed by atoms with Gasteiger partial charge in [0.15, 0.2) is 16.3 Å². The molecule has 8 nitrogen and oxygen atoms in total. The van der Waals surface area contributed by atoms with E-state index in [9.17, 15) is 9.59 Å². The quantitative estimate of drug-likeness (QED) is 0.393. The van der Waals surface area contributed by atoms with Gasteiger partial charge < -0.3 is 18.9 Å². The minimum atomic E-state index is -0.730. The smallest absolute Gasteiger partial charge is 0.338 e. The van der Waals surface area contributed by atoms with Crippen molar-refractivity contribution in [2.24, 2.45) is 4.99 Å². The van der Waals surface area contributed by atoms with Gasteiger partial charge in [-0.2, -0.15) is 0 Å². The molecule has 1 aromatic heterocycles. The first-order valence-electron chi connectivity index (χ1n) is 10.9. The van der Waals surface area contributed by atoms with E-state index in [1.54, 1.807) is 43.7 Å². The maximum Gasteiger partial charge on any atom is 0.338 e. The predicted octanol–water partition coefficient (Wildman–Crippen LogP) is 4.06. The Bertz CT molecular complexity index is 1580. The van der Waals surface area contributed by atoms with Crippen molar-refractivity contribution in [1.82, 2.24) is 4.57 Å². The number of allylic oxidation sites excluding steroid dienone is 1. The fourth-order valence-corrected chi connectivity index (χ4v) is 6.79. The van der Waals surface area contributed by atoms with Crippen molar-refractivity contribution in [2.75, 3.05) is 20.5 Å². The van der Waals surface area contributed by atoms with Gasteiger partial charge in [0.05, 0.1) is 44.5 Å². The van der Waals surface area contributed by atoms with Gasteiger partial charge in [-0.25, -0.2) is 9.79 Å². The van der Waals surface area contributed by atoms with Gasteiger partial charge in [0.25, 0.3) is 5.56 Å². The zero-order chi connectivity index (χ0) is 25.6. The lowest BCUT2D eigenvalue weighted by Gasteiger charge is -2.24. The molecule has 0 unspecified atom stereocenters. The number of esters is 1. The number of hydrogen-bond acceptors (Lipinski definition) is 8. The molecule has 3 aromatic rings. The van der Waals surface area contributed by atoms with E-state index in [0.717, 1.165) is 14.5 Å². The highest BCUT2D eigenvalue weighted by atomic mass is 79.9. The molecule has 2 aliphatic heterocycles. The first kappa shape index (κ1) is 24.8. The third-order valence-electron chi connectivity index (χ3n) is 5.75. The Morgan fingerprint density at radius 2 is 1.94 bits per heavy atom. The summed E-state index contributed by atoms with van der Waals surface area (Å²) in [7, 11) is 1.59. The molecule has 3 heterocycles. The number of hydrogen-bond donors (Lipinski definition) is 0. The van der Waals surface area contributed by atoms with Gasteiger partial charge >= 0.3 is 5.97 Å². The first-order valence-corrected chi connectivity index (χ1v) is 13.3. The van der Waals surface area contributed by atoms with E-state index in [1.807, 2.05) is 18.2 Å². The number of carbonyl (C=O) groups is 1. The number of halogens is 2. The molecule has 2 aliphatic rings. The first-order chi connectivity index (χ1) is 17.3. The number of thiazole rings is 1. The predicted molar refractivity (Wildman–Crippen MR) is 141 cm³/mol. The summed E-state index contributed by atoms with van der Waals surface area (Å²) in [5.74, 6) is 1.31. The second kappa shape index (κ2) is 9.87. The molecule has 0 aliphatic carbocycles. The van der Waals surface area contributed by atoms with Crippen LogP contribution in [0, 0.1) is 0 Å². The summed E-state index contributed by atoms with van der Waals surface area (Å²) in [5, 5.41) is 0. The molecule has 0 radical (unpaired) electrons. The van der Waals surface area contributed by atoms with Gasteiger partial charge in [-0.05, 0) is 87.2 Å². The fraction of sp³-hybridized carbons (Fsp3) is 0.240. The minimum absolute atomic E-state index is 0.119. The summed E-state index contributed by atoms with van der Waals surface area (Å²) in [6.07, 6.45) is 1.79. The monoisotopic (exact) mass is 634 g/mol. The maximum absolute atomic E-state index is 13.8. The average Bonchev–Trinajstić information content (AvgIpc) is 3.42. The van der Waals surface area contributed by atoms with Crippen LogP contribution in [-0.4, -0.2) is 31.0 Å². The summed E-state index contributed by atoms with van der Waals surface area (Å²) in [6.45, 7) is 3.81. The Hall–Kier alpha value is -2.89. The van der Waals surface area contributed by atoms with Crippen molar-refractivity contribution in [3.8, 4) is 17.2 Å². The van der Waals surface area contributed by atoms with Crippen LogP contribution in [0.4, 0.5) is 0 Å². The molecule has 2 aromatic carbocycles. The van der Waals surface area contributed by atoms with Gasteiger partial charge in [-0.1, -0.05) is 17.4 Å². The van der Waals surface area contributed by atoms with E-state index < -0.39 is 12.0 Å². The average molecular weight is 636 g/mol. The van der Waals surface area contributed by atoms with Gasteiger partial charge in [0.2, 0.25) is 6.79 Å². The molecule has 1 atom stereocenters. The van der Waals surface area contributed by atoms with Crippen LogP contribution >= 0.6 is 43.2 Å². The van der Waals surface area contributed by atoms with E-state index in [-0.39, 0.29) is 19.0 Å². The summed E-state index contributed by atoms with van der Waals surface area (Å²) in [6, 6.07) is 8.40. The molecular weight excluding hydrogens is 616 g/mol. The van der Waals surface area contributed by atoms with Crippen LogP contribution in [0.3, 0.4) is 0 Å². The third-order valence-corrected chi connectivity index (χ3v) is 7.91. The summed E-state index contributed by atoms with van der Waals surface area (Å²) in [4.78, 5) is 31.9. The molecule has 11 heteroatoms. The minimum Gasteiger partial charge on any atom is -0.494 e. The molecule has 186 valence electrons. The van der Waals surface area contributed by atoms with Crippen molar-refractivity contribution in [2.45, 2.75) is 19.9 Å². The lowest BCUT2D eigenvalue weighted by molar-refractivity contribution is -0.139. The normalized spacial score (nSPS) is 16.6. The van der Waals surface area contributed by atoms with Crippen LogP contribution < -0.4 is 29.1 Å². The van der Waals surface area contributed by atoms with E-state index in [0.29, 0.717) is 43.4 Å². The highest BCUT2D eigenvalue weighted by molar-refractivity contribution is 9.11. The van der Waals surface area contributed by atoms with Crippen LogP contribution in [0.25, 0.3) is 6.08 Å². The highest BCUT2D eigenvalue weighted by Crippen LogP contribution is 2.38. The largest absolute Gasteiger partial charge is 0.494 e. The Morgan fingerprint density at radius 3 is 2.64 bits per heavy atom. The molecule has 0 bridgehead atoms. The second-order valence-electron chi connectivity index (χ2n) is 7.93. The van der Waals surface area contributed by atoms with Crippen molar-refractivity contribution < 1.29 is 23.7 Å². The molecule has 5 rings (SSSR count). The lowest BCUT2D eigenvalue weighted by Crippen LogP contribution is -2.39. The van der Waals surface area contributed by atoms with E-state index >= 15 is 0 Å². The number of ether oxygens (including phenoxy) is 4. The SMILES string of the molecule is CCOC(=O)C1=C(C)N=c2s/c(=C\c3cc(Br)c(OC)c(Br)c3)c(=O)n2[C@H]1c1ccc2c(c1)OCO2. The zero-order valence-corrected chi connectivity index (χ0v) is 23.5. The number of rotatable bonds is 5. The van der Waals surface area contributed by atoms with Crippen LogP contribution in [-0.2, 0) is 9.53 Å². The Kier molecular flexibility index (Phi) is 6.80. The standard InChI is InChI=1S/C25H20Br2N2O6S/c1-4-33-24(31)20-12(2)28-25-29(21(20)14-5-6-17-18(10-14)35-11-34-17)23(30)19(36-25)9-13-7-15(26)22(32-3)16(27)8-13/h5-10,21H,4,11H2,1-3H3/b19-9-/t21-/m0/s1. The van der Waals surface area contributed by atoms with Crippen LogP contribution in [0.2, 0.25) is 0 Å². The summed E-state index contributed by atoms with van der Waals surface area (Å²) < 4.78 is 25.2. The van der Waals surface area contributed by atoms with Gasteiger partial charge in [-0.3, -0.25) is 9.36 Å². The molecule has 0 spiro atoms. The number of aromatic nitrogens is 1. The molecular formula is C25H20Br2N2O6S. The molecule has 0 amide bonds. The molecule has 0 saturated heterocycles. The highest BCUT2D eigenvalue weighted by Gasteiger charge is 2.34. The van der Waals surface area contributed by atoms with Gasteiger partial charge in [-0.15, -0.1) is 0 Å². The lowest BCUT2D eigenvalue weighted by atomic mass is 9.95. The van der Waals surface area contributed by atoms with E-state index in [1.165, 1.54) is 11.3 Å². The zero-order valence-electron chi connectivity index (χ0n) is 19.5. The second-order valence-corrected chi connectivity index (χ2v) is 10.7. The number of benzene rings is 2. The number of carbonyl (C=O) groups excluding carboxylic acids is 1. The Labute approximate surface area is 226 Å². The number of methoxy groups -OCH3 is 1. The Balaban J connectivity index is 1.71.